The van der Waals surface area contributed by atoms with Crippen LogP contribution in [0, 0.1) is 0 Å². The molecular weight excluding hydrogens is 318 g/mol. The van der Waals surface area contributed by atoms with Gasteiger partial charge in [0.15, 0.2) is 5.96 Å². The highest BCUT2D eigenvalue weighted by Gasteiger charge is 2.24. The van der Waals surface area contributed by atoms with Gasteiger partial charge in [-0.1, -0.05) is 12.1 Å². The Hall–Kier alpha value is -1.36. The Morgan fingerprint density at radius 3 is 2.71 bits per heavy atom. The van der Waals surface area contributed by atoms with E-state index >= 15 is 0 Å². The molecule has 0 aliphatic heterocycles. The molecule has 2 rings (SSSR count). The van der Waals surface area contributed by atoms with Gasteiger partial charge in [-0.05, 0) is 63.0 Å². The summed E-state index contributed by atoms with van der Waals surface area (Å²) in [6, 6.07) is 8.88. The molecular formula is C19H31N3OS. The van der Waals surface area contributed by atoms with E-state index in [1.54, 1.807) is 7.11 Å². The topological polar surface area (TPSA) is 45.7 Å². The van der Waals surface area contributed by atoms with Crippen molar-refractivity contribution in [2.75, 3.05) is 26.5 Å². The highest BCUT2D eigenvalue weighted by molar-refractivity contribution is 7.99. The van der Waals surface area contributed by atoms with Gasteiger partial charge in [-0.3, -0.25) is 4.99 Å². The number of aryl methyl sites for hydroxylation is 1. The van der Waals surface area contributed by atoms with Crippen molar-refractivity contribution in [2.45, 2.75) is 50.3 Å². The molecule has 1 aromatic rings. The van der Waals surface area contributed by atoms with Gasteiger partial charge < -0.3 is 15.4 Å². The number of nitrogens with one attached hydrogen (secondary N) is 2. The van der Waals surface area contributed by atoms with Crippen LogP contribution in [0.15, 0.2) is 29.3 Å². The Balaban J connectivity index is 1.75. The number of benzene rings is 1. The molecule has 1 aliphatic carbocycles. The first-order valence-electron chi connectivity index (χ1n) is 8.95. The van der Waals surface area contributed by atoms with E-state index in [-0.39, 0.29) is 0 Å². The van der Waals surface area contributed by atoms with E-state index in [0.717, 1.165) is 42.9 Å². The van der Waals surface area contributed by atoms with E-state index < -0.39 is 0 Å². The molecule has 0 amide bonds. The molecule has 1 aromatic carbocycles. The van der Waals surface area contributed by atoms with Crippen LogP contribution in [0.3, 0.4) is 0 Å². The molecule has 0 spiro atoms. The van der Waals surface area contributed by atoms with Crippen molar-refractivity contribution in [3.05, 3.63) is 29.8 Å². The van der Waals surface area contributed by atoms with Crippen LogP contribution in [0.4, 0.5) is 0 Å². The van der Waals surface area contributed by atoms with Gasteiger partial charge in [0.2, 0.25) is 0 Å². The average molecular weight is 350 g/mol. The average Bonchev–Trinajstić information content (AvgIpc) is 3.07. The molecule has 0 bridgehead atoms. The van der Waals surface area contributed by atoms with Crippen LogP contribution in [0.5, 0.6) is 5.75 Å². The van der Waals surface area contributed by atoms with E-state index in [1.165, 1.54) is 24.8 Å². The minimum Gasteiger partial charge on any atom is -0.497 e. The van der Waals surface area contributed by atoms with E-state index in [0.29, 0.717) is 6.04 Å². The van der Waals surface area contributed by atoms with Crippen molar-refractivity contribution >= 4 is 17.7 Å². The highest BCUT2D eigenvalue weighted by Crippen LogP contribution is 2.28. The number of thioether (sulfide) groups is 1. The molecule has 2 atom stereocenters. The zero-order valence-corrected chi connectivity index (χ0v) is 16.0. The van der Waals surface area contributed by atoms with Gasteiger partial charge in [-0.15, -0.1) is 0 Å². The SMILES string of the molecule is CCNC(=NCCCc1ccc(OC)cc1)NC1CCC(SC)C1. The van der Waals surface area contributed by atoms with E-state index in [1.807, 2.05) is 23.9 Å². The van der Waals surface area contributed by atoms with Crippen molar-refractivity contribution in [3.8, 4) is 5.75 Å². The summed E-state index contributed by atoms with van der Waals surface area (Å²) < 4.78 is 5.19. The van der Waals surface area contributed by atoms with Crippen LogP contribution < -0.4 is 15.4 Å². The van der Waals surface area contributed by atoms with E-state index in [4.69, 9.17) is 9.73 Å². The van der Waals surface area contributed by atoms with Gasteiger partial charge >= 0.3 is 0 Å². The lowest BCUT2D eigenvalue weighted by Gasteiger charge is -2.17. The number of methoxy groups -OCH3 is 1. The zero-order valence-electron chi connectivity index (χ0n) is 15.2. The molecule has 1 aliphatic rings. The largest absolute Gasteiger partial charge is 0.497 e. The Kier molecular flexibility index (Phi) is 8.29. The second-order valence-corrected chi connectivity index (χ2v) is 7.36. The van der Waals surface area contributed by atoms with Crippen molar-refractivity contribution in [3.63, 3.8) is 0 Å². The van der Waals surface area contributed by atoms with Crippen molar-refractivity contribution in [1.29, 1.82) is 0 Å². The number of nitrogens with zero attached hydrogens (tertiary/aromatic N) is 1. The molecule has 1 fully saturated rings. The Labute approximate surface area is 150 Å². The summed E-state index contributed by atoms with van der Waals surface area (Å²) in [6.45, 7) is 3.87. The third-order valence-corrected chi connectivity index (χ3v) is 5.55. The van der Waals surface area contributed by atoms with Crippen LogP contribution in [0.1, 0.15) is 38.2 Å². The van der Waals surface area contributed by atoms with Gasteiger partial charge in [0.1, 0.15) is 5.75 Å². The van der Waals surface area contributed by atoms with Crippen LogP contribution in [0.2, 0.25) is 0 Å². The van der Waals surface area contributed by atoms with Crippen molar-refractivity contribution in [1.82, 2.24) is 10.6 Å². The second-order valence-electron chi connectivity index (χ2n) is 6.22. The Morgan fingerprint density at radius 1 is 1.29 bits per heavy atom. The summed E-state index contributed by atoms with van der Waals surface area (Å²) in [5, 5.41) is 7.78. The predicted octanol–water partition coefficient (Wildman–Crippen LogP) is 3.47. The van der Waals surface area contributed by atoms with Crippen LogP contribution in [-0.2, 0) is 6.42 Å². The molecule has 134 valence electrons. The first-order chi connectivity index (χ1) is 11.7. The lowest BCUT2D eigenvalue weighted by atomic mass is 10.1. The maximum atomic E-state index is 5.19. The minimum absolute atomic E-state index is 0.571. The van der Waals surface area contributed by atoms with Gasteiger partial charge in [-0.25, -0.2) is 0 Å². The molecule has 0 heterocycles. The molecule has 1 saturated carbocycles. The number of guanidine groups is 1. The molecule has 0 aromatic heterocycles. The predicted molar refractivity (Wildman–Crippen MR) is 105 cm³/mol. The molecule has 2 unspecified atom stereocenters. The number of hydrogen-bond donors (Lipinski definition) is 2. The zero-order chi connectivity index (χ0) is 17.2. The number of hydrogen-bond acceptors (Lipinski definition) is 3. The fourth-order valence-corrected chi connectivity index (χ4v) is 3.86. The molecule has 2 N–H and O–H groups in total. The van der Waals surface area contributed by atoms with Crippen molar-refractivity contribution < 1.29 is 4.74 Å². The van der Waals surface area contributed by atoms with Gasteiger partial charge in [0, 0.05) is 24.4 Å². The first-order valence-corrected chi connectivity index (χ1v) is 10.2. The molecule has 5 heteroatoms. The highest BCUT2D eigenvalue weighted by atomic mass is 32.2. The monoisotopic (exact) mass is 349 g/mol. The normalized spacial score (nSPS) is 20.9. The van der Waals surface area contributed by atoms with E-state index in [9.17, 15) is 0 Å². The van der Waals surface area contributed by atoms with Crippen LogP contribution in [-0.4, -0.2) is 43.7 Å². The Bertz CT molecular complexity index is 504. The maximum absolute atomic E-state index is 5.19. The molecule has 24 heavy (non-hydrogen) atoms. The summed E-state index contributed by atoms with van der Waals surface area (Å²) in [4.78, 5) is 4.74. The number of rotatable bonds is 8. The van der Waals surface area contributed by atoms with Crippen LogP contribution >= 0.6 is 11.8 Å². The molecule has 4 nitrogen and oxygen atoms in total. The minimum atomic E-state index is 0.571. The van der Waals surface area contributed by atoms with Gasteiger partial charge in [0.25, 0.3) is 0 Å². The molecule has 0 saturated heterocycles. The Morgan fingerprint density at radius 2 is 2.08 bits per heavy atom. The second kappa shape index (κ2) is 10.5. The fourth-order valence-electron chi connectivity index (χ4n) is 3.06. The van der Waals surface area contributed by atoms with E-state index in [2.05, 4.69) is 35.9 Å². The summed E-state index contributed by atoms with van der Waals surface area (Å²) in [6.07, 6.45) is 8.13. The fraction of sp³-hybridized carbons (Fsp3) is 0.632. The summed E-state index contributed by atoms with van der Waals surface area (Å²) >= 11 is 1.99. The third-order valence-electron chi connectivity index (χ3n) is 4.46. The smallest absolute Gasteiger partial charge is 0.191 e. The molecule has 0 radical (unpaired) electrons. The standard InChI is InChI=1S/C19H31N3OS/c1-4-20-19(22-16-9-12-18(14-16)24-3)21-13-5-6-15-7-10-17(23-2)11-8-15/h7-8,10-11,16,18H,4-6,9,12-14H2,1-3H3,(H2,20,21,22). The van der Waals surface area contributed by atoms with Gasteiger partial charge in [-0.2, -0.15) is 11.8 Å². The maximum Gasteiger partial charge on any atom is 0.191 e. The summed E-state index contributed by atoms with van der Waals surface area (Å²) in [5.41, 5.74) is 1.34. The third kappa shape index (κ3) is 6.27. The summed E-state index contributed by atoms with van der Waals surface area (Å²) in [5.74, 6) is 1.88. The number of aliphatic imine (C=N–C) groups is 1. The quantitative estimate of drug-likeness (QED) is 0.429. The summed E-state index contributed by atoms with van der Waals surface area (Å²) in [7, 11) is 1.70. The van der Waals surface area contributed by atoms with Gasteiger partial charge in [0.05, 0.1) is 7.11 Å². The lowest BCUT2D eigenvalue weighted by Crippen LogP contribution is -2.42. The van der Waals surface area contributed by atoms with Crippen LogP contribution in [0.25, 0.3) is 0 Å². The first kappa shape index (κ1) is 19.0. The lowest BCUT2D eigenvalue weighted by molar-refractivity contribution is 0.414. The number of ether oxygens (including phenoxy) is 1. The van der Waals surface area contributed by atoms with Crippen molar-refractivity contribution in [2.24, 2.45) is 4.99 Å².